The fourth-order valence-corrected chi connectivity index (χ4v) is 5.82. The summed E-state index contributed by atoms with van der Waals surface area (Å²) in [4.78, 5) is 28.3. The van der Waals surface area contributed by atoms with Gasteiger partial charge in [0.15, 0.2) is 4.90 Å². The van der Waals surface area contributed by atoms with E-state index in [0.29, 0.717) is 16.0 Å². The molecule has 1 saturated heterocycles. The van der Waals surface area contributed by atoms with Gasteiger partial charge in [0.1, 0.15) is 29.8 Å². The van der Waals surface area contributed by atoms with Gasteiger partial charge < -0.3 is 14.6 Å². The zero-order valence-corrected chi connectivity index (χ0v) is 22.3. The van der Waals surface area contributed by atoms with Crippen LogP contribution in [0.3, 0.4) is 0 Å². The first-order chi connectivity index (χ1) is 17.5. The number of benzene rings is 2. The lowest BCUT2D eigenvalue weighted by Gasteiger charge is -2.35. The number of fused-ring (bicyclic) bond motifs is 2. The van der Waals surface area contributed by atoms with Crippen molar-refractivity contribution in [3.8, 4) is 17.2 Å². The van der Waals surface area contributed by atoms with Gasteiger partial charge in [-0.25, -0.2) is 9.18 Å². The molecule has 1 heterocycles. The first-order valence-corrected chi connectivity index (χ1v) is 14.0. The minimum Gasteiger partial charge on any atom is -0.612 e. The summed E-state index contributed by atoms with van der Waals surface area (Å²) in [5.74, 6) is -0.891. The minimum absolute atomic E-state index is 0.0133. The van der Waals surface area contributed by atoms with E-state index in [2.05, 4.69) is 11.4 Å². The number of hydrogen-bond donors (Lipinski definition) is 1. The number of halogens is 1. The van der Waals surface area contributed by atoms with Gasteiger partial charge in [-0.15, -0.1) is 0 Å². The Hall–Kier alpha value is -3.09. The molecule has 1 aliphatic carbocycles. The summed E-state index contributed by atoms with van der Waals surface area (Å²) in [7, 11) is 0. The van der Waals surface area contributed by atoms with E-state index in [1.807, 2.05) is 6.07 Å². The Bertz CT molecular complexity index is 1220. The van der Waals surface area contributed by atoms with Gasteiger partial charge in [-0.1, -0.05) is 24.3 Å². The summed E-state index contributed by atoms with van der Waals surface area (Å²) in [6.45, 7) is 5.34. The summed E-state index contributed by atoms with van der Waals surface area (Å²) < 4.78 is 32.4. The molecule has 4 rings (SSSR count). The molecule has 7 nitrogen and oxygen atoms in total. The highest BCUT2D eigenvalue weighted by Gasteiger charge is 2.52. The van der Waals surface area contributed by atoms with Crippen LogP contribution in [0.2, 0.25) is 0 Å². The molecule has 1 aliphatic heterocycles. The lowest BCUT2D eigenvalue weighted by molar-refractivity contribution is -0.128. The molecule has 5 atom stereocenters. The SMILES string of the molecule is C[S+]([O-])c1cccc(-c2ccc(C[C@@H](C#N)NC(=O)C3C4CCC(C4)N3C(=O)OC(C)(C)C)c(F)c2)c1. The highest BCUT2D eigenvalue weighted by molar-refractivity contribution is 7.90. The van der Waals surface area contributed by atoms with Gasteiger partial charge in [0.2, 0.25) is 5.91 Å². The van der Waals surface area contributed by atoms with Crippen molar-refractivity contribution >= 4 is 23.2 Å². The topological polar surface area (TPSA) is 105 Å². The fraction of sp³-hybridized carbons (Fsp3) is 0.464. The van der Waals surface area contributed by atoms with Crippen LogP contribution in [0.25, 0.3) is 11.1 Å². The summed E-state index contributed by atoms with van der Waals surface area (Å²) in [5.41, 5.74) is 0.971. The predicted octanol–water partition coefficient (Wildman–Crippen LogP) is 4.57. The maximum Gasteiger partial charge on any atom is 0.411 e. The van der Waals surface area contributed by atoms with Crippen LogP contribution >= 0.6 is 0 Å². The number of rotatable bonds is 6. The summed E-state index contributed by atoms with van der Waals surface area (Å²) >= 11 is -1.15. The molecule has 9 heteroatoms. The van der Waals surface area contributed by atoms with Crippen molar-refractivity contribution in [1.29, 1.82) is 5.26 Å². The summed E-state index contributed by atoms with van der Waals surface area (Å²) in [6.07, 6.45) is 3.44. The predicted molar refractivity (Wildman–Crippen MR) is 138 cm³/mol. The number of ether oxygens (including phenoxy) is 1. The Morgan fingerprint density at radius 1 is 1.24 bits per heavy atom. The Balaban J connectivity index is 1.46. The molecule has 0 spiro atoms. The van der Waals surface area contributed by atoms with Crippen LogP contribution in [-0.4, -0.2) is 51.4 Å². The molecule has 0 radical (unpaired) electrons. The zero-order chi connectivity index (χ0) is 26.9. The first-order valence-electron chi connectivity index (χ1n) is 12.4. The number of hydrogen-bond acceptors (Lipinski definition) is 5. The molecule has 2 amide bonds. The molecule has 0 aromatic heterocycles. The standard InChI is InChI=1S/C28H32FN3O4S/c1-28(2,3)36-27(34)32-22-11-10-20(13-22)25(32)26(33)31-21(16-30)12-19-9-8-18(15-24(19)29)17-6-5-7-23(14-17)37(4)35/h5-9,14-15,20-22,25H,10-13H2,1-4H3,(H,31,33)/t20?,21-,22?,25?,37?/m0/s1. The third-order valence-electron chi connectivity index (χ3n) is 6.91. The van der Waals surface area contributed by atoms with E-state index in [0.717, 1.165) is 24.8 Å². The quantitative estimate of drug-likeness (QED) is 0.556. The number of likely N-dealkylation sites (tertiary alicyclic amines) is 1. The van der Waals surface area contributed by atoms with E-state index in [4.69, 9.17) is 4.74 Å². The molecule has 2 aliphatic rings. The maximum atomic E-state index is 15.0. The van der Waals surface area contributed by atoms with Gasteiger partial charge in [-0.3, -0.25) is 9.69 Å². The number of carbonyl (C=O) groups is 2. The normalized spacial score (nSPS) is 22.3. The van der Waals surface area contributed by atoms with Crippen molar-refractivity contribution in [3.05, 3.63) is 53.8 Å². The average Bonchev–Trinajstić information content (AvgIpc) is 3.45. The fourth-order valence-electron chi connectivity index (χ4n) is 5.26. The molecule has 2 aromatic rings. The molecule has 2 fully saturated rings. The second-order valence-electron chi connectivity index (χ2n) is 10.7. The Morgan fingerprint density at radius 2 is 1.97 bits per heavy atom. The van der Waals surface area contributed by atoms with Gasteiger partial charge in [0.05, 0.1) is 6.07 Å². The number of carbonyl (C=O) groups excluding carboxylic acids is 2. The summed E-state index contributed by atoms with van der Waals surface area (Å²) in [5, 5.41) is 12.5. The van der Waals surface area contributed by atoms with Crippen molar-refractivity contribution in [2.75, 3.05) is 6.26 Å². The van der Waals surface area contributed by atoms with Crippen molar-refractivity contribution in [2.24, 2.45) is 5.92 Å². The van der Waals surface area contributed by atoms with Gasteiger partial charge >= 0.3 is 6.09 Å². The molecule has 2 aromatic carbocycles. The van der Waals surface area contributed by atoms with E-state index in [9.17, 15) is 19.4 Å². The van der Waals surface area contributed by atoms with E-state index in [1.165, 1.54) is 11.0 Å². The zero-order valence-electron chi connectivity index (χ0n) is 21.5. The van der Waals surface area contributed by atoms with Gasteiger partial charge in [0, 0.05) is 18.5 Å². The molecule has 37 heavy (non-hydrogen) atoms. The third-order valence-corrected chi connectivity index (χ3v) is 7.82. The van der Waals surface area contributed by atoms with E-state index in [-0.39, 0.29) is 18.4 Å². The summed E-state index contributed by atoms with van der Waals surface area (Å²) in [6, 6.07) is 12.2. The number of nitrogens with zero attached hydrogens (tertiary/aromatic N) is 2. The smallest absolute Gasteiger partial charge is 0.411 e. The van der Waals surface area contributed by atoms with E-state index >= 15 is 4.39 Å². The van der Waals surface area contributed by atoms with Gasteiger partial charge in [0.25, 0.3) is 0 Å². The van der Waals surface area contributed by atoms with Crippen LogP contribution in [0.4, 0.5) is 9.18 Å². The van der Waals surface area contributed by atoms with Crippen LogP contribution in [0.1, 0.15) is 45.6 Å². The monoisotopic (exact) mass is 525 g/mol. The van der Waals surface area contributed by atoms with Crippen molar-refractivity contribution in [2.45, 2.75) is 75.1 Å². The highest BCUT2D eigenvalue weighted by Crippen LogP contribution is 2.43. The number of nitrogens with one attached hydrogen (secondary N) is 1. The third kappa shape index (κ3) is 6.08. The van der Waals surface area contributed by atoms with Crippen LogP contribution in [0.15, 0.2) is 47.4 Å². The van der Waals surface area contributed by atoms with Crippen molar-refractivity contribution < 1.29 is 23.3 Å². The van der Waals surface area contributed by atoms with Crippen molar-refractivity contribution in [1.82, 2.24) is 10.2 Å². The number of amides is 2. The van der Waals surface area contributed by atoms with Crippen LogP contribution in [-0.2, 0) is 27.1 Å². The second-order valence-corrected chi connectivity index (χ2v) is 12.1. The van der Waals surface area contributed by atoms with E-state index < -0.39 is 46.7 Å². The minimum atomic E-state index is -1.15. The number of piperidine rings is 1. The van der Waals surface area contributed by atoms with Crippen molar-refractivity contribution in [3.63, 3.8) is 0 Å². The molecule has 196 valence electrons. The molecule has 4 unspecified atom stereocenters. The molecular weight excluding hydrogens is 493 g/mol. The van der Waals surface area contributed by atoms with Crippen LogP contribution in [0, 0.1) is 23.1 Å². The Morgan fingerprint density at radius 3 is 2.62 bits per heavy atom. The van der Waals surface area contributed by atoms with Crippen LogP contribution < -0.4 is 5.32 Å². The molecule has 1 saturated carbocycles. The van der Waals surface area contributed by atoms with Gasteiger partial charge in [-0.2, -0.15) is 5.26 Å². The highest BCUT2D eigenvalue weighted by atomic mass is 32.2. The number of nitriles is 1. The lowest BCUT2D eigenvalue weighted by Crippen LogP contribution is -2.55. The lowest BCUT2D eigenvalue weighted by atomic mass is 9.97. The average molecular weight is 526 g/mol. The van der Waals surface area contributed by atoms with Crippen LogP contribution in [0.5, 0.6) is 0 Å². The maximum absolute atomic E-state index is 15.0. The largest absolute Gasteiger partial charge is 0.612 e. The molecule has 1 N–H and O–H groups in total. The molecular formula is C28H32FN3O4S. The second kappa shape index (κ2) is 10.7. The van der Waals surface area contributed by atoms with E-state index in [1.54, 1.807) is 57.4 Å². The Kier molecular flexibility index (Phi) is 7.81. The molecule has 2 bridgehead atoms. The van der Waals surface area contributed by atoms with Gasteiger partial charge in [-0.05, 0) is 86.0 Å². The first kappa shape index (κ1) is 27.0. The Labute approximate surface area is 220 Å².